The van der Waals surface area contributed by atoms with Gasteiger partial charge in [-0.2, -0.15) is 0 Å². The Morgan fingerprint density at radius 2 is 1.81 bits per heavy atom. The maximum atomic E-state index is 12.1. The second-order valence-corrected chi connectivity index (χ2v) is 10.2. The Balaban J connectivity index is 1.74. The molecule has 2 aromatic rings. The second-order valence-electron chi connectivity index (χ2n) is 9.12. The van der Waals surface area contributed by atoms with Gasteiger partial charge in [0, 0.05) is 21.7 Å². The highest BCUT2D eigenvalue weighted by atomic mass is 32.1. The predicted octanol–water partition coefficient (Wildman–Crippen LogP) is 5.40. The third-order valence-electron chi connectivity index (χ3n) is 6.70. The van der Waals surface area contributed by atoms with Gasteiger partial charge in [0.05, 0.1) is 5.56 Å². The van der Waals surface area contributed by atoms with E-state index in [0.717, 1.165) is 48.1 Å². The van der Waals surface area contributed by atoms with E-state index < -0.39 is 5.97 Å². The quantitative estimate of drug-likeness (QED) is 0.743. The first-order valence-electron chi connectivity index (χ1n) is 10.0. The van der Waals surface area contributed by atoms with E-state index in [1.165, 1.54) is 23.3 Å². The molecule has 4 rings (SSSR count). The molecule has 1 saturated carbocycles. The number of carboxylic acids is 1. The minimum atomic E-state index is -0.793. The van der Waals surface area contributed by atoms with E-state index >= 15 is 0 Å². The molecule has 27 heavy (non-hydrogen) atoms. The van der Waals surface area contributed by atoms with Crippen molar-refractivity contribution in [3.63, 3.8) is 0 Å². The van der Waals surface area contributed by atoms with Crippen LogP contribution >= 0.6 is 11.3 Å². The van der Waals surface area contributed by atoms with Crippen LogP contribution in [0.1, 0.15) is 72.3 Å². The molecule has 0 unspecified atom stereocenters. The summed E-state index contributed by atoms with van der Waals surface area (Å²) in [6.45, 7) is 5.16. The lowest BCUT2D eigenvalue weighted by Gasteiger charge is -2.29. The Morgan fingerprint density at radius 3 is 2.41 bits per heavy atom. The zero-order valence-electron chi connectivity index (χ0n) is 16.3. The number of aromatic carboxylic acids is 1. The van der Waals surface area contributed by atoms with Crippen molar-refractivity contribution in [1.82, 2.24) is 0 Å². The summed E-state index contributed by atoms with van der Waals surface area (Å²) in [6, 6.07) is 8.59. The van der Waals surface area contributed by atoms with Crippen molar-refractivity contribution in [3.05, 3.63) is 45.8 Å². The van der Waals surface area contributed by atoms with Crippen LogP contribution in [0, 0.1) is 5.41 Å². The third-order valence-corrected chi connectivity index (χ3v) is 8.04. The highest BCUT2D eigenvalue weighted by Crippen LogP contribution is 2.46. The summed E-state index contributed by atoms with van der Waals surface area (Å²) in [6.07, 6.45) is 7.77. The summed E-state index contributed by atoms with van der Waals surface area (Å²) in [5.41, 5.74) is 10.4. The number of rotatable bonds is 4. The van der Waals surface area contributed by atoms with E-state index in [0.29, 0.717) is 12.1 Å². The monoisotopic (exact) mass is 383 g/mol. The fourth-order valence-electron chi connectivity index (χ4n) is 4.99. The molecule has 0 aliphatic heterocycles. The first kappa shape index (κ1) is 18.7. The number of hydrogen-bond acceptors (Lipinski definition) is 3. The Hall–Kier alpha value is -1.65. The molecular weight excluding hydrogens is 354 g/mol. The lowest BCUT2D eigenvalue weighted by Crippen LogP contribution is -2.31. The molecule has 1 aromatic heterocycles. The first-order chi connectivity index (χ1) is 12.9. The number of nitrogens with two attached hydrogens (primary N) is 1. The molecule has 1 aromatic carbocycles. The lowest BCUT2D eigenvalue weighted by molar-refractivity contribution is 0.0696. The van der Waals surface area contributed by atoms with Gasteiger partial charge in [-0.15, -0.1) is 11.3 Å². The van der Waals surface area contributed by atoms with Gasteiger partial charge in [0.2, 0.25) is 0 Å². The van der Waals surface area contributed by atoms with Crippen molar-refractivity contribution in [1.29, 1.82) is 0 Å². The Kier molecular flexibility index (Phi) is 4.68. The molecule has 0 amide bonds. The third kappa shape index (κ3) is 3.23. The van der Waals surface area contributed by atoms with Crippen molar-refractivity contribution < 1.29 is 9.90 Å². The van der Waals surface area contributed by atoms with Gasteiger partial charge in [0.15, 0.2) is 0 Å². The largest absolute Gasteiger partial charge is 0.478 e. The summed E-state index contributed by atoms with van der Waals surface area (Å²) >= 11 is 1.68. The first-order valence-corrected chi connectivity index (χ1v) is 10.9. The van der Waals surface area contributed by atoms with Gasteiger partial charge >= 0.3 is 5.97 Å². The minimum absolute atomic E-state index is 0.118. The molecule has 4 heteroatoms. The van der Waals surface area contributed by atoms with Gasteiger partial charge in [0.1, 0.15) is 0 Å². The highest BCUT2D eigenvalue weighted by Gasteiger charge is 2.35. The predicted molar refractivity (Wildman–Crippen MR) is 112 cm³/mol. The molecule has 0 bridgehead atoms. The molecule has 2 aliphatic carbocycles. The van der Waals surface area contributed by atoms with Gasteiger partial charge in [-0.05, 0) is 54.2 Å². The molecule has 0 radical (unpaired) electrons. The number of carboxylic acid groups (broad SMARTS) is 1. The standard InChI is InChI=1S/C23H29NO2S/c1-22(2)12-9-18-17(13-22)19(21(25)26)20(27-18)15-5-7-16(8-6-15)23(14-24)10-3-4-11-23/h5-8H,3-4,9-14,24H2,1-2H3,(H,25,26). The van der Waals surface area contributed by atoms with Gasteiger partial charge in [0.25, 0.3) is 0 Å². The molecule has 3 nitrogen and oxygen atoms in total. The van der Waals surface area contributed by atoms with Crippen molar-refractivity contribution in [2.24, 2.45) is 11.1 Å². The van der Waals surface area contributed by atoms with E-state index in [1.807, 2.05) is 0 Å². The number of thiophene rings is 1. The van der Waals surface area contributed by atoms with Crippen LogP contribution < -0.4 is 5.73 Å². The Labute approximate surface area is 165 Å². The molecular formula is C23H29NO2S. The molecule has 2 aliphatic rings. The highest BCUT2D eigenvalue weighted by molar-refractivity contribution is 7.16. The summed E-state index contributed by atoms with van der Waals surface area (Å²) in [5.74, 6) is -0.793. The maximum absolute atomic E-state index is 12.1. The molecule has 1 fully saturated rings. The number of carbonyl (C=O) groups is 1. The molecule has 0 atom stereocenters. The van der Waals surface area contributed by atoms with Crippen LogP contribution in [0.5, 0.6) is 0 Å². The Morgan fingerprint density at radius 1 is 1.15 bits per heavy atom. The summed E-state index contributed by atoms with van der Waals surface area (Å²) in [5, 5.41) is 9.94. The zero-order chi connectivity index (χ0) is 19.2. The number of benzene rings is 1. The van der Waals surface area contributed by atoms with E-state index in [4.69, 9.17) is 5.73 Å². The van der Waals surface area contributed by atoms with Crippen molar-refractivity contribution in [2.75, 3.05) is 6.54 Å². The number of aryl methyl sites for hydroxylation is 1. The molecule has 0 saturated heterocycles. The fraction of sp³-hybridized carbons (Fsp3) is 0.522. The van der Waals surface area contributed by atoms with Crippen molar-refractivity contribution in [3.8, 4) is 10.4 Å². The van der Waals surface area contributed by atoms with Crippen LogP contribution in [-0.2, 0) is 18.3 Å². The summed E-state index contributed by atoms with van der Waals surface area (Å²) in [7, 11) is 0. The van der Waals surface area contributed by atoms with E-state index in [-0.39, 0.29) is 10.8 Å². The smallest absolute Gasteiger partial charge is 0.337 e. The molecule has 3 N–H and O–H groups in total. The SMILES string of the molecule is CC1(C)CCc2sc(-c3ccc(C4(CN)CCCC4)cc3)c(C(=O)O)c2C1. The minimum Gasteiger partial charge on any atom is -0.478 e. The van der Waals surface area contributed by atoms with Crippen LogP contribution in [0.2, 0.25) is 0 Å². The topological polar surface area (TPSA) is 63.3 Å². The van der Waals surface area contributed by atoms with Gasteiger partial charge in [-0.1, -0.05) is 51.0 Å². The molecule has 144 valence electrons. The fourth-order valence-corrected chi connectivity index (χ4v) is 6.30. The second kappa shape index (κ2) is 6.75. The number of fused-ring (bicyclic) bond motifs is 1. The summed E-state index contributed by atoms with van der Waals surface area (Å²) < 4.78 is 0. The van der Waals surface area contributed by atoms with Crippen LogP contribution in [-0.4, -0.2) is 17.6 Å². The average Bonchev–Trinajstić information content (AvgIpc) is 3.26. The maximum Gasteiger partial charge on any atom is 0.337 e. The van der Waals surface area contributed by atoms with Crippen molar-refractivity contribution in [2.45, 2.75) is 64.2 Å². The van der Waals surface area contributed by atoms with Crippen molar-refractivity contribution >= 4 is 17.3 Å². The molecule has 0 spiro atoms. The van der Waals surface area contributed by atoms with Crippen LogP contribution in [0.3, 0.4) is 0 Å². The zero-order valence-corrected chi connectivity index (χ0v) is 17.1. The lowest BCUT2D eigenvalue weighted by atomic mass is 9.75. The Bertz CT molecular complexity index is 857. The molecule has 1 heterocycles. The van der Waals surface area contributed by atoms with Crippen LogP contribution in [0.15, 0.2) is 24.3 Å². The van der Waals surface area contributed by atoms with Gasteiger partial charge in [-0.3, -0.25) is 0 Å². The average molecular weight is 384 g/mol. The van der Waals surface area contributed by atoms with E-state index in [9.17, 15) is 9.90 Å². The normalized spacial score (nSPS) is 20.4. The number of hydrogen-bond donors (Lipinski definition) is 2. The van der Waals surface area contributed by atoms with Crippen LogP contribution in [0.25, 0.3) is 10.4 Å². The summed E-state index contributed by atoms with van der Waals surface area (Å²) in [4.78, 5) is 14.3. The van der Waals surface area contributed by atoms with E-state index in [1.54, 1.807) is 11.3 Å². The van der Waals surface area contributed by atoms with Gasteiger partial charge in [-0.25, -0.2) is 4.79 Å². The van der Waals surface area contributed by atoms with E-state index in [2.05, 4.69) is 38.1 Å². The van der Waals surface area contributed by atoms with Gasteiger partial charge < -0.3 is 10.8 Å². The van der Waals surface area contributed by atoms with Crippen LogP contribution in [0.4, 0.5) is 0 Å².